The van der Waals surface area contributed by atoms with Gasteiger partial charge in [0, 0.05) is 24.5 Å². The zero-order valence-electron chi connectivity index (χ0n) is 28.6. The molecule has 0 radical (unpaired) electrons. The van der Waals surface area contributed by atoms with Gasteiger partial charge in [0.2, 0.25) is 6.54 Å². The Kier molecular flexibility index (Phi) is 7.59. The summed E-state index contributed by atoms with van der Waals surface area (Å²) in [6, 6.07) is 4.18. The summed E-state index contributed by atoms with van der Waals surface area (Å²) in [5.41, 5.74) is 4.33. The third-order valence-electron chi connectivity index (χ3n) is 15.4. The van der Waals surface area contributed by atoms with Crippen molar-refractivity contribution in [2.45, 2.75) is 132 Å². The maximum Gasteiger partial charge on any atom is 0.372 e. The van der Waals surface area contributed by atoms with Crippen molar-refractivity contribution in [2.75, 3.05) is 6.61 Å². The number of allylic oxidation sites excluding steroid dienone is 1. The van der Waals surface area contributed by atoms with Crippen LogP contribution >= 0.6 is 0 Å². The molecule has 43 heavy (non-hydrogen) atoms. The number of carbonyl (C=O) groups excluding carboxylic acids is 1. The Labute approximate surface area is 262 Å². The molecule has 0 bridgehead atoms. The minimum Gasteiger partial charge on any atom is -0.854 e. The summed E-state index contributed by atoms with van der Waals surface area (Å²) >= 11 is 0. The first-order valence-electron chi connectivity index (χ1n) is 17.5. The van der Waals surface area contributed by atoms with E-state index in [1.165, 1.54) is 49.7 Å². The first-order valence-corrected chi connectivity index (χ1v) is 17.5. The third-order valence-corrected chi connectivity index (χ3v) is 15.4. The number of nitrogens with zero attached hydrogens (tertiary/aromatic N) is 1. The average molecular weight is 590 g/mol. The van der Waals surface area contributed by atoms with Gasteiger partial charge in [0.25, 0.3) is 0 Å². The van der Waals surface area contributed by atoms with Crippen LogP contribution in [-0.4, -0.2) is 18.7 Å². The predicted molar refractivity (Wildman–Crippen MR) is 170 cm³/mol. The van der Waals surface area contributed by atoms with E-state index < -0.39 is 0 Å². The molecule has 5 aliphatic rings. The number of rotatable bonds is 5. The SMILES string of the molecule is C=C(C)C1CC[C@]2(C[O-])CC[C@]3(C)C(CCC4[C@@]5(C)CC[C@H](OC(=O)C[n+]6ccc(C)cc6C)C(C)(C)C5CC[C@]43C)C12. The normalized spacial score (nSPS) is 44.9. The average Bonchev–Trinajstić information content (AvgIpc) is 3.33. The van der Waals surface area contributed by atoms with E-state index in [1.807, 2.05) is 10.8 Å². The van der Waals surface area contributed by atoms with Gasteiger partial charge < -0.3 is 9.84 Å². The van der Waals surface area contributed by atoms with Crippen LogP contribution in [0.4, 0.5) is 0 Å². The highest BCUT2D eigenvalue weighted by Gasteiger charge is 2.70. The molecule has 0 amide bonds. The third kappa shape index (κ3) is 4.45. The zero-order chi connectivity index (χ0) is 31.2. The molecule has 5 unspecified atom stereocenters. The van der Waals surface area contributed by atoms with Crippen LogP contribution < -0.4 is 9.67 Å². The molecule has 5 fully saturated rings. The highest BCUT2D eigenvalue weighted by atomic mass is 16.5. The van der Waals surface area contributed by atoms with Crippen LogP contribution in [0.25, 0.3) is 0 Å². The van der Waals surface area contributed by atoms with E-state index in [1.54, 1.807) is 0 Å². The van der Waals surface area contributed by atoms with E-state index in [0.717, 1.165) is 31.4 Å². The summed E-state index contributed by atoms with van der Waals surface area (Å²) in [6.45, 7) is 23.9. The van der Waals surface area contributed by atoms with Crippen molar-refractivity contribution >= 4 is 5.97 Å². The van der Waals surface area contributed by atoms with Crippen LogP contribution in [0.2, 0.25) is 0 Å². The van der Waals surface area contributed by atoms with Crippen LogP contribution in [0, 0.1) is 70.5 Å². The number of aromatic nitrogens is 1. The summed E-state index contributed by atoms with van der Waals surface area (Å²) in [4.78, 5) is 13.3. The summed E-state index contributed by atoms with van der Waals surface area (Å²) < 4.78 is 8.37. The second kappa shape index (κ2) is 10.4. The molecule has 5 saturated carbocycles. The Morgan fingerprint density at radius 2 is 1.70 bits per heavy atom. The number of esters is 1. The molecule has 238 valence electrons. The van der Waals surface area contributed by atoms with Gasteiger partial charge in [0.15, 0.2) is 11.9 Å². The lowest BCUT2D eigenvalue weighted by atomic mass is 9.32. The first kappa shape index (κ1) is 31.3. The lowest BCUT2D eigenvalue weighted by Crippen LogP contribution is -2.67. The van der Waals surface area contributed by atoms with Crippen molar-refractivity contribution in [1.29, 1.82) is 0 Å². The van der Waals surface area contributed by atoms with Crippen LogP contribution in [0.1, 0.15) is 117 Å². The van der Waals surface area contributed by atoms with Crippen molar-refractivity contribution in [2.24, 2.45) is 56.7 Å². The van der Waals surface area contributed by atoms with E-state index >= 15 is 0 Å². The summed E-state index contributed by atoms with van der Waals surface area (Å²) in [5.74, 6) is 2.78. The molecule has 1 aromatic heterocycles. The number of aryl methyl sites for hydroxylation is 2. The summed E-state index contributed by atoms with van der Waals surface area (Å²) in [7, 11) is 0. The first-order chi connectivity index (χ1) is 20.1. The fourth-order valence-corrected chi connectivity index (χ4v) is 13.0. The van der Waals surface area contributed by atoms with E-state index in [0.29, 0.717) is 29.6 Å². The summed E-state index contributed by atoms with van der Waals surface area (Å²) in [6.07, 6.45) is 13.7. The fraction of sp³-hybridized carbons (Fsp3) is 0.795. The topological polar surface area (TPSA) is 53.2 Å². The largest absolute Gasteiger partial charge is 0.854 e. The Morgan fingerprint density at radius 1 is 0.953 bits per heavy atom. The standard InChI is InChI=1S/C39H59NO3/c1-25(2)28-12-18-39(24-41)20-19-37(8)29(34(28)39)10-11-31-36(7)16-14-32(35(5,6)30(36)13-17-38(31,37)9)43-33(42)23-40-21-15-26(3)22-27(40)4/h15,21-22,28-32,34H,1,10-14,16-20,23-24H2,2-9H3/t28?,29?,30?,31?,32-,34?,36-,37+,38+,39+/m0/s1. The van der Waals surface area contributed by atoms with Crippen LogP contribution in [0.15, 0.2) is 30.5 Å². The van der Waals surface area contributed by atoms with Gasteiger partial charge in [-0.3, -0.25) is 0 Å². The van der Waals surface area contributed by atoms with Crippen molar-refractivity contribution < 1.29 is 19.2 Å². The molecule has 0 N–H and O–H groups in total. The molecule has 10 atom stereocenters. The number of pyridine rings is 1. The van der Waals surface area contributed by atoms with E-state index in [9.17, 15) is 9.90 Å². The number of fused-ring (bicyclic) bond motifs is 7. The lowest BCUT2D eigenvalue weighted by molar-refractivity contribution is -0.692. The zero-order valence-corrected chi connectivity index (χ0v) is 28.6. The van der Waals surface area contributed by atoms with Gasteiger partial charge in [0.1, 0.15) is 6.10 Å². The molecule has 0 aromatic carbocycles. The lowest BCUT2D eigenvalue weighted by Gasteiger charge is -2.73. The number of hydrogen-bond donors (Lipinski definition) is 0. The second-order valence-electron chi connectivity index (χ2n) is 17.5. The highest BCUT2D eigenvalue weighted by Crippen LogP contribution is 2.77. The molecule has 0 saturated heterocycles. The van der Waals surface area contributed by atoms with Crippen molar-refractivity contribution in [3.8, 4) is 0 Å². The molecule has 4 nitrogen and oxygen atoms in total. The van der Waals surface area contributed by atoms with Gasteiger partial charge in [-0.1, -0.05) is 46.8 Å². The predicted octanol–water partition coefficient (Wildman–Crippen LogP) is 7.52. The Morgan fingerprint density at radius 3 is 2.37 bits per heavy atom. The molecule has 4 heteroatoms. The van der Waals surface area contributed by atoms with Gasteiger partial charge in [0.05, 0.1) is 0 Å². The van der Waals surface area contributed by atoms with Crippen molar-refractivity contribution in [3.05, 3.63) is 41.7 Å². The Balaban J connectivity index is 1.24. The quantitative estimate of drug-likeness (QED) is 0.203. The van der Waals surface area contributed by atoms with Gasteiger partial charge in [-0.15, -0.1) is 6.61 Å². The monoisotopic (exact) mass is 589 g/mol. The van der Waals surface area contributed by atoms with Crippen molar-refractivity contribution in [3.63, 3.8) is 0 Å². The van der Waals surface area contributed by atoms with E-state index in [4.69, 9.17) is 4.74 Å². The van der Waals surface area contributed by atoms with Gasteiger partial charge in [-0.05, 0) is 135 Å². The molecule has 5 aliphatic carbocycles. The van der Waals surface area contributed by atoms with Crippen LogP contribution in [0.5, 0.6) is 0 Å². The number of carbonyl (C=O) groups is 1. The maximum atomic E-state index is 13.3. The number of hydrogen-bond acceptors (Lipinski definition) is 3. The highest BCUT2D eigenvalue weighted by molar-refractivity contribution is 5.68. The van der Waals surface area contributed by atoms with E-state index in [-0.39, 0.29) is 52.3 Å². The minimum atomic E-state index is -0.111. The Bertz CT molecular complexity index is 1290. The Hall–Kier alpha value is -1.68. The van der Waals surface area contributed by atoms with E-state index in [2.05, 4.69) is 74.1 Å². The maximum absolute atomic E-state index is 13.3. The molecule has 1 heterocycles. The van der Waals surface area contributed by atoms with Crippen molar-refractivity contribution in [1.82, 2.24) is 0 Å². The van der Waals surface area contributed by atoms with Gasteiger partial charge in [-0.2, -0.15) is 4.57 Å². The fourth-order valence-electron chi connectivity index (χ4n) is 13.0. The minimum absolute atomic E-state index is 0.00255. The molecular formula is C39H59NO3. The molecular weight excluding hydrogens is 530 g/mol. The molecule has 0 aliphatic heterocycles. The molecule has 1 aromatic rings. The number of ether oxygens (including phenoxy) is 1. The van der Waals surface area contributed by atoms with Crippen LogP contribution in [0.3, 0.4) is 0 Å². The molecule has 6 rings (SSSR count). The smallest absolute Gasteiger partial charge is 0.372 e. The van der Waals surface area contributed by atoms with Crippen LogP contribution in [-0.2, 0) is 16.1 Å². The van der Waals surface area contributed by atoms with Gasteiger partial charge >= 0.3 is 5.97 Å². The summed E-state index contributed by atoms with van der Waals surface area (Å²) in [5, 5.41) is 12.9. The second-order valence-corrected chi connectivity index (χ2v) is 17.5. The van der Waals surface area contributed by atoms with Gasteiger partial charge in [-0.25, -0.2) is 4.79 Å². The molecule has 0 spiro atoms.